The van der Waals surface area contributed by atoms with Gasteiger partial charge in [0.2, 0.25) is 0 Å². The van der Waals surface area contributed by atoms with Crippen LogP contribution in [-0.4, -0.2) is 30.1 Å². The number of thioether (sulfide) groups is 1. The van der Waals surface area contributed by atoms with Crippen LogP contribution in [-0.2, 0) is 0 Å². The summed E-state index contributed by atoms with van der Waals surface area (Å²) in [6.45, 7) is 7.15. The molecule has 0 aromatic carbocycles. The number of rotatable bonds is 5. The van der Waals surface area contributed by atoms with Crippen LogP contribution >= 0.6 is 11.8 Å². The molecule has 0 aromatic heterocycles. The van der Waals surface area contributed by atoms with Gasteiger partial charge in [-0.1, -0.05) is 13.8 Å². The average molecular weight is 203 g/mol. The molecule has 0 spiro atoms. The fourth-order valence-electron chi connectivity index (χ4n) is 0.702. The molecule has 0 fully saturated rings. The SMILES string of the molecule is CCC(C)NC(N)=NCC(C)SC. The van der Waals surface area contributed by atoms with E-state index in [2.05, 4.69) is 37.3 Å². The van der Waals surface area contributed by atoms with E-state index in [-0.39, 0.29) is 0 Å². The van der Waals surface area contributed by atoms with Crippen LogP contribution in [0, 0.1) is 0 Å². The smallest absolute Gasteiger partial charge is 0.188 e. The van der Waals surface area contributed by atoms with Gasteiger partial charge in [0.15, 0.2) is 5.96 Å². The molecule has 0 aliphatic heterocycles. The van der Waals surface area contributed by atoms with Gasteiger partial charge in [0, 0.05) is 11.3 Å². The van der Waals surface area contributed by atoms with Crippen LogP contribution in [0.3, 0.4) is 0 Å². The summed E-state index contributed by atoms with van der Waals surface area (Å²) >= 11 is 1.80. The van der Waals surface area contributed by atoms with E-state index in [0.717, 1.165) is 13.0 Å². The second kappa shape index (κ2) is 7.06. The summed E-state index contributed by atoms with van der Waals surface area (Å²) in [5, 5.41) is 3.67. The summed E-state index contributed by atoms with van der Waals surface area (Å²) in [6.07, 6.45) is 3.15. The normalized spacial score (nSPS) is 16.8. The maximum atomic E-state index is 5.68. The molecule has 3 N–H and O–H groups in total. The van der Waals surface area contributed by atoms with Crippen LogP contribution in [0.25, 0.3) is 0 Å². The minimum atomic E-state index is 0.410. The van der Waals surface area contributed by atoms with E-state index >= 15 is 0 Å². The van der Waals surface area contributed by atoms with Gasteiger partial charge in [-0.25, -0.2) is 0 Å². The molecular formula is C9H21N3S. The Morgan fingerprint density at radius 3 is 2.62 bits per heavy atom. The molecule has 0 saturated heterocycles. The number of nitrogens with two attached hydrogens (primary N) is 1. The van der Waals surface area contributed by atoms with Crippen molar-refractivity contribution in [3.05, 3.63) is 0 Å². The standard InChI is InChI=1S/C9H21N3S/c1-5-7(2)12-9(10)11-6-8(3)13-4/h7-8H,5-6H2,1-4H3,(H3,10,11,12). The van der Waals surface area contributed by atoms with Gasteiger partial charge in [-0.3, -0.25) is 4.99 Å². The van der Waals surface area contributed by atoms with Gasteiger partial charge in [-0.15, -0.1) is 0 Å². The number of hydrogen-bond acceptors (Lipinski definition) is 2. The van der Waals surface area contributed by atoms with E-state index in [0.29, 0.717) is 17.3 Å². The van der Waals surface area contributed by atoms with E-state index in [1.807, 2.05) is 0 Å². The lowest BCUT2D eigenvalue weighted by Crippen LogP contribution is -2.38. The number of nitrogens with zero attached hydrogens (tertiary/aromatic N) is 1. The molecule has 2 atom stereocenters. The van der Waals surface area contributed by atoms with Crippen molar-refractivity contribution in [2.45, 2.75) is 38.5 Å². The Hall–Kier alpha value is -0.380. The first-order valence-corrected chi connectivity index (χ1v) is 5.98. The molecule has 4 heteroatoms. The molecule has 0 heterocycles. The lowest BCUT2D eigenvalue weighted by Gasteiger charge is -2.12. The van der Waals surface area contributed by atoms with E-state index < -0.39 is 0 Å². The van der Waals surface area contributed by atoms with Crippen molar-refractivity contribution in [1.29, 1.82) is 0 Å². The predicted octanol–water partition coefficient (Wildman–Crippen LogP) is 1.44. The molecule has 0 aromatic rings. The monoisotopic (exact) mass is 203 g/mol. The number of hydrogen-bond donors (Lipinski definition) is 2. The molecule has 0 amide bonds. The minimum absolute atomic E-state index is 0.410. The largest absolute Gasteiger partial charge is 0.370 e. The van der Waals surface area contributed by atoms with Crippen LogP contribution in [0.1, 0.15) is 27.2 Å². The minimum Gasteiger partial charge on any atom is -0.370 e. The molecule has 0 saturated carbocycles. The van der Waals surface area contributed by atoms with Crippen molar-refractivity contribution >= 4 is 17.7 Å². The second-order valence-electron chi connectivity index (χ2n) is 3.23. The summed E-state index contributed by atoms with van der Waals surface area (Å²) < 4.78 is 0. The third-order valence-corrected chi connectivity index (χ3v) is 2.88. The van der Waals surface area contributed by atoms with E-state index in [4.69, 9.17) is 5.73 Å². The van der Waals surface area contributed by atoms with Gasteiger partial charge in [-0.2, -0.15) is 11.8 Å². The Morgan fingerprint density at radius 1 is 1.54 bits per heavy atom. The van der Waals surface area contributed by atoms with Gasteiger partial charge >= 0.3 is 0 Å². The highest BCUT2D eigenvalue weighted by atomic mass is 32.2. The predicted molar refractivity (Wildman–Crippen MR) is 62.4 cm³/mol. The third-order valence-electron chi connectivity index (χ3n) is 1.93. The quantitative estimate of drug-likeness (QED) is 0.525. The summed E-state index contributed by atoms with van der Waals surface area (Å²) in [6, 6.07) is 0.410. The molecule has 0 bridgehead atoms. The molecule has 0 aliphatic carbocycles. The Kier molecular flexibility index (Phi) is 6.86. The van der Waals surface area contributed by atoms with E-state index in [1.54, 1.807) is 11.8 Å². The number of guanidine groups is 1. The van der Waals surface area contributed by atoms with Crippen LogP contribution in [0.2, 0.25) is 0 Å². The highest BCUT2D eigenvalue weighted by Gasteiger charge is 2.00. The molecule has 78 valence electrons. The van der Waals surface area contributed by atoms with Crippen LogP contribution in [0.4, 0.5) is 0 Å². The lowest BCUT2D eigenvalue weighted by atomic mass is 10.3. The molecule has 0 radical (unpaired) electrons. The van der Waals surface area contributed by atoms with Crippen LogP contribution in [0.15, 0.2) is 4.99 Å². The molecule has 3 nitrogen and oxygen atoms in total. The van der Waals surface area contributed by atoms with E-state index in [9.17, 15) is 0 Å². The van der Waals surface area contributed by atoms with Crippen molar-refractivity contribution in [2.75, 3.05) is 12.8 Å². The molecule has 0 aliphatic rings. The van der Waals surface area contributed by atoms with Gasteiger partial charge in [-0.05, 0) is 19.6 Å². The fourth-order valence-corrected chi connectivity index (χ4v) is 0.925. The van der Waals surface area contributed by atoms with Gasteiger partial charge in [0.1, 0.15) is 0 Å². The van der Waals surface area contributed by atoms with Crippen LogP contribution < -0.4 is 11.1 Å². The van der Waals surface area contributed by atoms with Crippen molar-refractivity contribution in [3.8, 4) is 0 Å². The highest BCUT2D eigenvalue weighted by Crippen LogP contribution is 2.04. The van der Waals surface area contributed by atoms with Gasteiger partial charge in [0.25, 0.3) is 0 Å². The fraction of sp³-hybridized carbons (Fsp3) is 0.889. The van der Waals surface area contributed by atoms with Crippen molar-refractivity contribution in [3.63, 3.8) is 0 Å². The zero-order chi connectivity index (χ0) is 10.3. The number of aliphatic imine (C=N–C) groups is 1. The Morgan fingerprint density at radius 2 is 2.15 bits per heavy atom. The first-order chi connectivity index (χ1) is 6.10. The summed E-state index contributed by atoms with van der Waals surface area (Å²) in [5.74, 6) is 0.565. The van der Waals surface area contributed by atoms with Crippen LogP contribution in [0.5, 0.6) is 0 Å². The maximum absolute atomic E-state index is 5.68. The average Bonchev–Trinajstić information content (AvgIpc) is 2.13. The lowest BCUT2D eigenvalue weighted by molar-refractivity contribution is 0.636. The molecule has 2 unspecified atom stereocenters. The summed E-state index contributed by atoms with van der Waals surface area (Å²) in [7, 11) is 0. The third kappa shape index (κ3) is 6.75. The Labute approximate surface area is 85.6 Å². The van der Waals surface area contributed by atoms with Crippen molar-refractivity contribution < 1.29 is 0 Å². The molecule has 13 heavy (non-hydrogen) atoms. The molecule has 0 rings (SSSR count). The van der Waals surface area contributed by atoms with E-state index in [1.165, 1.54) is 0 Å². The second-order valence-corrected chi connectivity index (χ2v) is 4.50. The van der Waals surface area contributed by atoms with Crippen molar-refractivity contribution in [2.24, 2.45) is 10.7 Å². The highest BCUT2D eigenvalue weighted by molar-refractivity contribution is 7.99. The van der Waals surface area contributed by atoms with Gasteiger partial charge < -0.3 is 11.1 Å². The van der Waals surface area contributed by atoms with Gasteiger partial charge in [0.05, 0.1) is 6.54 Å². The van der Waals surface area contributed by atoms with Crippen molar-refractivity contribution in [1.82, 2.24) is 5.32 Å². The summed E-state index contributed by atoms with van der Waals surface area (Å²) in [5.41, 5.74) is 5.68. The first kappa shape index (κ1) is 12.6. The molecular weight excluding hydrogens is 182 g/mol. The zero-order valence-corrected chi connectivity index (χ0v) is 9.82. The topological polar surface area (TPSA) is 50.4 Å². The Balaban J connectivity index is 3.74. The zero-order valence-electron chi connectivity index (χ0n) is 9.00. The Bertz CT molecular complexity index is 159. The number of nitrogens with one attached hydrogen (secondary N) is 1. The first-order valence-electron chi connectivity index (χ1n) is 4.69. The maximum Gasteiger partial charge on any atom is 0.188 e. The summed E-state index contributed by atoms with van der Waals surface area (Å²) in [4.78, 5) is 4.25.